The van der Waals surface area contributed by atoms with Gasteiger partial charge in [-0.3, -0.25) is 14.5 Å². The zero-order valence-corrected chi connectivity index (χ0v) is 17.1. The zero-order chi connectivity index (χ0) is 21.5. The summed E-state index contributed by atoms with van der Waals surface area (Å²) in [5, 5.41) is 18.0. The van der Waals surface area contributed by atoms with Crippen LogP contribution in [-0.4, -0.2) is 54.9 Å². The van der Waals surface area contributed by atoms with E-state index in [9.17, 15) is 9.90 Å². The summed E-state index contributed by atoms with van der Waals surface area (Å²) < 4.78 is 7.21. The highest BCUT2D eigenvalue weighted by Crippen LogP contribution is 2.31. The summed E-state index contributed by atoms with van der Waals surface area (Å²) in [5.41, 5.74) is 2.94. The summed E-state index contributed by atoms with van der Waals surface area (Å²) in [5.74, 6) is 0.520. The average Bonchev–Trinajstić information content (AvgIpc) is 3.46. The second-order valence-corrected chi connectivity index (χ2v) is 7.65. The number of aliphatic hydroxyl groups is 1. The smallest absolute Gasteiger partial charge is 0.277 e. The van der Waals surface area contributed by atoms with Gasteiger partial charge in [-0.1, -0.05) is 0 Å². The number of nitrogens with one attached hydrogen (secondary N) is 1. The van der Waals surface area contributed by atoms with Gasteiger partial charge < -0.3 is 19.7 Å². The summed E-state index contributed by atoms with van der Waals surface area (Å²) in [7, 11) is 1.82. The van der Waals surface area contributed by atoms with Gasteiger partial charge in [-0.05, 0) is 31.0 Å². The summed E-state index contributed by atoms with van der Waals surface area (Å²) in [6, 6.07) is 3.63. The van der Waals surface area contributed by atoms with E-state index in [-0.39, 0.29) is 5.69 Å². The molecule has 4 aromatic heterocycles. The monoisotopic (exact) mass is 419 g/mol. The highest BCUT2D eigenvalue weighted by atomic mass is 16.3. The Morgan fingerprint density at radius 2 is 2.23 bits per heavy atom. The normalized spacial score (nSPS) is 16.2. The van der Waals surface area contributed by atoms with Crippen molar-refractivity contribution in [2.75, 3.05) is 23.3 Å². The molecule has 2 N–H and O–H groups in total. The molecular formula is C21H21N7O3. The Hall–Kier alpha value is -3.79. The van der Waals surface area contributed by atoms with Crippen LogP contribution in [0.5, 0.6) is 0 Å². The third-order valence-electron chi connectivity index (χ3n) is 5.29. The summed E-state index contributed by atoms with van der Waals surface area (Å²) in [4.78, 5) is 28.0. The molecule has 1 aliphatic heterocycles. The fraction of sp³-hybridized carbons (Fsp3) is 0.286. The number of anilines is 2. The first kappa shape index (κ1) is 19.2. The van der Waals surface area contributed by atoms with Crippen molar-refractivity contribution < 1.29 is 14.3 Å². The van der Waals surface area contributed by atoms with Crippen molar-refractivity contribution in [2.45, 2.75) is 19.4 Å². The third kappa shape index (κ3) is 3.61. The maximum Gasteiger partial charge on any atom is 0.277 e. The second kappa shape index (κ2) is 7.47. The topological polar surface area (TPSA) is 122 Å². The Morgan fingerprint density at radius 3 is 3.00 bits per heavy atom. The van der Waals surface area contributed by atoms with Crippen molar-refractivity contribution in [3.8, 4) is 11.5 Å². The maximum atomic E-state index is 13.0. The number of aromatic nitrogens is 5. The van der Waals surface area contributed by atoms with Gasteiger partial charge in [0.2, 0.25) is 5.89 Å². The third-order valence-corrected chi connectivity index (χ3v) is 5.29. The lowest BCUT2D eigenvalue weighted by molar-refractivity contribution is 0.102. The van der Waals surface area contributed by atoms with E-state index in [2.05, 4.69) is 25.4 Å². The number of β-amino-alcohol motifs (C(OH)–C–C–N with tert-alkyl or cyclic N) is 1. The van der Waals surface area contributed by atoms with Crippen molar-refractivity contribution in [1.82, 2.24) is 24.7 Å². The number of carbonyl (C=O) groups is 1. The lowest BCUT2D eigenvalue weighted by atomic mass is 10.1. The molecule has 1 aliphatic rings. The molecule has 1 amide bonds. The minimum atomic E-state index is -0.425. The maximum absolute atomic E-state index is 13.0. The predicted octanol–water partition coefficient (Wildman–Crippen LogP) is 2.15. The van der Waals surface area contributed by atoms with Gasteiger partial charge >= 0.3 is 0 Å². The largest absolute Gasteiger partial charge is 0.444 e. The van der Waals surface area contributed by atoms with Crippen LogP contribution in [0.4, 0.5) is 11.5 Å². The predicted molar refractivity (Wildman–Crippen MR) is 114 cm³/mol. The van der Waals surface area contributed by atoms with Gasteiger partial charge in [-0.25, -0.2) is 9.97 Å². The van der Waals surface area contributed by atoms with E-state index in [1.807, 2.05) is 31.1 Å². The van der Waals surface area contributed by atoms with Gasteiger partial charge in [-0.2, -0.15) is 5.10 Å². The molecule has 4 aromatic rings. The van der Waals surface area contributed by atoms with E-state index >= 15 is 0 Å². The summed E-state index contributed by atoms with van der Waals surface area (Å²) in [6.45, 7) is 2.99. The van der Waals surface area contributed by atoms with Crippen LogP contribution >= 0.6 is 0 Å². The van der Waals surface area contributed by atoms with Crippen LogP contribution in [0.1, 0.15) is 22.5 Å². The number of hydrogen-bond donors (Lipinski definition) is 2. The Kier molecular flexibility index (Phi) is 4.63. The van der Waals surface area contributed by atoms with Crippen LogP contribution in [0.3, 0.4) is 0 Å². The zero-order valence-electron chi connectivity index (χ0n) is 17.1. The molecule has 0 radical (unpaired) electrons. The summed E-state index contributed by atoms with van der Waals surface area (Å²) in [6.07, 6.45) is 6.75. The van der Waals surface area contributed by atoms with E-state index in [0.717, 1.165) is 16.5 Å². The van der Waals surface area contributed by atoms with Crippen molar-refractivity contribution in [1.29, 1.82) is 0 Å². The number of hydrogen-bond acceptors (Lipinski definition) is 8. The summed E-state index contributed by atoms with van der Waals surface area (Å²) >= 11 is 0. The van der Waals surface area contributed by atoms with Crippen LogP contribution in [0.25, 0.3) is 22.5 Å². The highest BCUT2D eigenvalue weighted by Gasteiger charge is 2.26. The van der Waals surface area contributed by atoms with Crippen molar-refractivity contribution in [3.63, 3.8) is 0 Å². The number of carbonyl (C=O) groups excluding carboxylic acids is 1. The molecule has 0 aliphatic carbocycles. The lowest BCUT2D eigenvalue weighted by Crippen LogP contribution is -2.24. The van der Waals surface area contributed by atoms with E-state index in [1.165, 1.54) is 6.26 Å². The molecule has 5 rings (SSSR count). The Labute approximate surface area is 177 Å². The number of fused-ring (bicyclic) bond motifs is 1. The van der Waals surface area contributed by atoms with Gasteiger partial charge in [0.05, 0.1) is 11.8 Å². The number of amides is 1. The van der Waals surface area contributed by atoms with Crippen LogP contribution in [-0.2, 0) is 7.05 Å². The van der Waals surface area contributed by atoms with Gasteiger partial charge in [0.1, 0.15) is 6.26 Å². The molecule has 0 spiro atoms. The van der Waals surface area contributed by atoms with Crippen LogP contribution in [0.15, 0.2) is 41.4 Å². The second-order valence-electron chi connectivity index (χ2n) is 7.65. The average molecular weight is 419 g/mol. The number of aryl methyl sites for hydroxylation is 2. The SMILES string of the molecule is Cc1cnccc1-c1nc(C(=O)Nc2cc3cn(C)nc3nc2N2CC[C@H](O)C2)co1. The molecule has 0 aromatic carbocycles. The van der Waals surface area contributed by atoms with E-state index in [1.54, 1.807) is 23.1 Å². The molecule has 1 saturated heterocycles. The van der Waals surface area contributed by atoms with Gasteiger partial charge in [-0.15, -0.1) is 0 Å². The highest BCUT2D eigenvalue weighted by molar-refractivity contribution is 6.05. The molecule has 158 valence electrons. The molecule has 0 unspecified atom stereocenters. The Morgan fingerprint density at radius 1 is 1.35 bits per heavy atom. The molecule has 5 heterocycles. The van der Waals surface area contributed by atoms with Crippen LogP contribution < -0.4 is 10.2 Å². The molecule has 10 heteroatoms. The first-order valence-corrected chi connectivity index (χ1v) is 9.93. The molecular weight excluding hydrogens is 398 g/mol. The quantitative estimate of drug-likeness (QED) is 0.516. The number of rotatable bonds is 4. The van der Waals surface area contributed by atoms with Gasteiger partial charge in [0.15, 0.2) is 17.2 Å². The molecule has 0 saturated carbocycles. The van der Waals surface area contributed by atoms with Crippen LogP contribution in [0.2, 0.25) is 0 Å². The molecule has 1 atom stereocenters. The Balaban J connectivity index is 1.47. The first-order valence-electron chi connectivity index (χ1n) is 9.93. The van der Waals surface area contributed by atoms with E-state index in [4.69, 9.17) is 4.42 Å². The van der Waals surface area contributed by atoms with Gasteiger partial charge in [0.25, 0.3) is 5.91 Å². The van der Waals surface area contributed by atoms with Crippen molar-refractivity contribution in [2.24, 2.45) is 7.05 Å². The van der Waals surface area contributed by atoms with Crippen molar-refractivity contribution in [3.05, 3.63) is 48.2 Å². The fourth-order valence-corrected chi connectivity index (χ4v) is 3.73. The van der Waals surface area contributed by atoms with Crippen LogP contribution in [0, 0.1) is 6.92 Å². The lowest BCUT2D eigenvalue weighted by Gasteiger charge is -2.20. The van der Waals surface area contributed by atoms with E-state index < -0.39 is 12.0 Å². The Bertz CT molecular complexity index is 1280. The fourth-order valence-electron chi connectivity index (χ4n) is 3.73. The minimum Gasteiger partial charge on any atom is -0.444 e. The first-order chi connectivity index (χ1) is 15.0. The molecule has 10 nitrogen and oxygen atoms in total. The molecule has 1 fully saturated rings. The number of oxazole rings is 1. The van der Waals surface area contributed by atoms with Crippen molar-refractivity contribution >= 4 is 28.4 Å². The molecule has 31 heavy (non-hydrogen) atoms. The number of pyridine rings is 2. The number of nitrogens with zero attached hydrogens (tertiary/aromatic N) is 6. The minimum absolute atomic E-state index is 0.157. The van der Waals surface area contributed by atoms with Gasteiger partial charge in [0, 0.05) is 49.7 Å². The van der Waals surface area contributed by atoms with E-state index in [0.29, 0.717) is 42.6 Å². The molecule has 0 bridgehead atoms. The standard InChI is InChI=1S/C21H21N7O3/c1-12-8-22-5-3-15(12)21-24-17(11-31-21)20(30)23-16-7-13-9-27(2)26-18(13)25-19(16)28-6-4-14(29)10-28/h3,5,7-9,11,14,29H,4,6,10H2,1-2H3,(H,23,30)/t14-/m0/s1. The number of aliphatic hydroxyl groups excluding tert-OH is 1.